The van der Waals surface area contributed by atoms with E-state index in [1.807, 2.05) is 0 Å². The summed E-state index contributed by atoms with van der Waals surface area (Å²) in [5.74, 6) is -0.492. The second-order valence-electron chi connectivity index (χ2n) is 4.93. The first kappa shape index (κ1) is 15.7. The summed E-state index contributed by atoms with van der Waals surface area (Å²) in [7, 11) is 1.45. The molecule has 1 aromatic carbocycles. The van der Waals surface area contributed by atoms with Crippen molar-refractivity contribution < 1.29 is 23.8 Å². The highest BCUT2D eigenvalue weighted by molar-refractivity contribution is 5.94. The monoisotopic (exact) mass is 297 g/mol. The molecule has 0 bridgehead atoms. The molecule has 1 heterocycles. The maximum Gasteiger partial charge on any atom is 0.256 e. The van der Waals surface area contributed by atoms with Gasteiger partial charge in [-0.2, -0.15) is 0 Å². The average Bonchev–Trinajstić information content (AvgIpc) is 2.52. The number of aliphatic hydroxyl groups excluding tert-OH is 1. The highest BCUT2D eigenvalue weighted by Gasteiger charge is 2.25. The van der Waals surface area contributed by atoms with Gasteiger partial charge in [-0.15, -0.1) is 0 Å². The topological polar surface area (TPSA) is 59.0 Å². The van der Waals surface area contributed by atoms with Crippen LogP contribution in [0.3, 0.4) is 0 Å². The second kappa shape index (κ2) is 7.38. The Morgan fingerprint density at radius 1 is 1.43 bits per heavy atom. The van der Waals surface area contributed by atoms with E-state index in [1.165, 1.54) is 19.2 Å². The standard InChI is InChI=1S/C15H20FNO4/c1-20-12-2-3-13(14(16)10-12)15(19)17-6-4-11(5-7-17)21-9-8-18/h2-3,10-11,18H,4-9H2,1H3. The zero-order valence-corrected chi connectivity index (χ0v) is 12.0. The Morgan fingerprint density at radius 2 is 2.14 bits per heavy atom. The van der Waals surface area contributed by atoms with Gasteiger partial charge in [-0.3, -0.25) is 4.79 Å². The van der Waals surface area contributed by atoms with E-state index in [0.29, 0.717) is 38.3 Å². The number of likely N-dealkylation sites (tertiary alicyclic amines) is 1. The van der Waals surface area contributed by atoms with Gasteiger partial charge >= 0.3 is 0 Å². The summed E-state index contributed by atoms with van der Waals surface area (Å²) in [4.78, 5) is 13.9. The number of amides is 1. The number of benzene rings is 1. The van der Waals surface area contributed by atoms with Gasteiger partial charge in [0, 0.05) is 19.2 Å². The third-order valence-corrected chi connectivity index (χ3v) is 3.58. The largest absolute Gasteiger partial charge is 0.497 e. The minimum Gasteiger partial charge on any atom is -0.497 e. The van der Waals surface area contributed by atoms with Crippen LogP contribution in [-0.4, -0.2) is 55.4 Å². The molecule has 1 N–H and O–H groups in total. The number of nitrogens with zero attached hydrogens (tertiary/aromatic N) is 1. The van der Waals surface area contributed by atoms with Gasteiger partial charge in [0.15, 0.2) is 0 Å². The van der Waals surface area contributed by atoms with Crippen molar-refractivity contribution in [1.29, 1.82) is 0 Å². The molecule has 1 fully saturated rings. The van der Waals surface area contributed by atoms with E-state index in [1.54, 1.807) is 11.0 Å². The fraction of sp³-hybridized carbons (Fsp3) is 0.533. The number of aliphatic hydroxyl groups is 1. The minimum atomic E-state index is -0.571. The molecule has 21 heavy (non-hydrogen) atoms. The first-order chi connectivity index (χ1) is 10.2. The number of hydrogen-bond acceptors (Lipinski definition) is 4. The van der Waals surface area contributed by atoms with Gasteiger partial charge in [-0.05, 0) is 25.0 Å². The van der Waals surface area contributed by atoms with Crippen LogP contribution in [0, 0.1) is 5.82 Å². The lowest BCUT2D eigenvalue weighted by Gasteiger charge is -2.32. The molecule has 0 atom stereocenters. The Kier molecular flexibility index (Phi) is 5.52. The molecule has 5 nitrogen and oxygen atoms in total. The van der Waals surface area contributed by atoms with Crippen molar-refractivity contribution in [2.75, 3.05) is 33.4 Å². The molecular weight excluding hydrogens is 277 g/mol. The molecule has 0 saturated carbocycles. The number of carbonyl (C=O) groups is 1. The summed E-state index contributed by atoms with van der Waals surface area (Å²) in [5.41, 5.74) is 0.0607. The summed E-state index contributed by atoms with van der Waals surface area (Å²) in [5, 5.41) is 8.72. The third kappa shape index (κ3) is 3.92. The summed E-state index contributed by atoms with van der Waals surface area (Å²) < 4.78 is 24.3. The molecule has 1 aromatic rings. The Bertz CT molecular complexity index is 487. The van der Waals surface area contributed by atoms with E-state index in [2.05, 4.69) is 0 Å². The van der Waals surface area contributed by atoms with Crippen molar-refractivity contribution in [3.8, 4) is 5.75 Å². The van der Waals surface area contributed by atoms with Gasteiger partial charge in [-0.1, -0.05) is 0 Å². The SMILES string of the molecule is COc1ccc(C(=O)N2CCC(OCCO)CC2)c(F)c1. The Labute approximate surface area is 123 Å². The van der Waals surface area contributed by atoms with Crippen molar-refractivity contribution in [3.05, 3.63) is 29.6 Å². The van der Waals surface area contributed by atoms with Crippen LogP contribution in [0.4, 0.5) is 4.39 Å². The van der Waals surface area contributed by atoms with Crippen LogP contribution in [0.2, 0.25) is 0 Å². The molecule has 0 unspecified atom stereocenters. The van der Waals surface area contributed by atoms with Crippen LogP contribution in [0.25, 0.3) is 0 Å². The normalized spacial score (nSPS) is 16.0. The molecule has 0 aliphatic carbocycles. The molecule has 6 heteroatoms. The van der Waals surface area contributed by atoms with Gasteiger partial charge in [0.1, 0.15) is 11.6 Å². The van der Waals surface area contributed by atoms with Crippen molar-refractivity contribution in [3.63, 3.8) is 0 Å². The highest BCUT2D eigenvalue weighted by Crippen LogP contribution is 2.20. The average molecular weight is 297 g/mol. The van der Waals surface area contributed by atoms with Crippen molar-refractivity contribution in [2.24, 2.45) is 0 Å². The number of rotatable bonds is 5. The number of halogens is 1. The fourth-order valence-corrected chi connectivity index (χ4v) is 2.41. The summed E-state index contributed by atoms with van der Waals surface area (Å²) in [6.07, 6.45) is 1.45. The maximum absolute atomic E-state index is 13.9. The van der Waals surface area contributed by atoms with E-state index in [4.69, 9.17) is 14.6 Å². The van der Waals surface area contributed by atoms with Crippen LogP contribution in [0.1, 0.15) is 23.2 Å². The smallest absolute Gasteiger partial charge is 0.256 e. The van der Waals surface area contributed by atoms with Crippen molar-refractivity contribution in [2.45, 2.75) is 18.9 Å². The van der Waals surface area contributed by atoms with Crippen LogP contribution in [0.15, 0.2) is 18.2 Å². The molecular formula is C15H20FNO4. The van der Waals surface area contributed by atoms with Crippen LogP contribution in [-0.2, 0) is 4.74 Å². The predicted octanol–water partition coefficient (Wildman–Crippen LogP) is 1.45. The molecule has 1 saturated heterocycles. The third-order valence-electron chi connectivity index (χ3n) is 3.58. The summed E-state index contributed by atoms with van der Waals surface area (Å²) in [6.45, 7) is 1.36. The van der Waals surface area contributed by atoms with Gasteiger partial charge in [0.2, 0.25) is 0 Å². The highest BCUT2D eigenvalue weighted by atomic mass is 19.1. The minimum absolute atomic E-state index is 0.00377. The zero-order chi connectivity index (χ0) is 15.2. The van der Waals surface area contributed by atoms with E-state index < -0.39 is 5.82 Å². The van der Waals surface area contributed by atoms with E-state index in [0.717, 1.165) is 0 Å². The molecule has 1 aliphatic rings. The molecule has 0 spiro atoms. The summed E-state index contributed by atoms with van der Waals surface area (Å²) in [6, 6.07) is 4.24. The van der Waals surface area contributed by atoms with Gasteiger partial charge in [0.25, 0.3) is 5.91 Å². The van der Waals surface area contributed by atoms with Crippen molar-refractivity contribution in [1.82, 2.24) is 4.90 Å². The molecule has 1 amide bonds. The zero-order valence-electron chi connectivity index (χ0n) is 12.0. The van der Waals surface area contributed by atoms with Gasteiger partial charge < -0.3 is 19.5 Å². The van der Waals surface area contributed by atoms with Crippen LogP contribution < -0.4 is 4.74 Å². The summed E-state index contributed by atoms with van der Waals surface area (Å²) >= 11 is 0. The Hall–Kier alpha value is -1.66. The quantitative estimate of drug-likeness (QED) is 0.893. The fourth-order valence-electron chi connectivity index (χ4n) is 2.41. The molecule has 1 aliphatic heterocycles. The number of hydrogen-bond donors (Lipinski definition) is 1. The lowest BCUT2D eigenvalue weighted by Crippen LogP contribution is -2.41. The predicted molar refractivity (Wildman–Crippen MR) is 74.9 cm³/mol. The lowest BCUT2D eigenvalue weighted by molar-refractivity contribution is -0.00561. The first-order valence-electron chi connectivity index (χ1n) is 7.01. The second-order valence-corrected chi connectivity index (χ2v) is 4.93. The Morgan fingerprint density at radius 3 is 2.71 bits per heavy atom. The number of ether oxygens (including phenoxy) is 2. The van der Waals surface area contributed by atoms with E-state index in [9.17, 15) is 9.18 Å². The number of piperidine rings is 1. The first-order valence-corrected chi connectivity index (χ1v) is 7.01. The van der Waals surface area contributed by atoms with Gasteiger partial charge in [-0.25, -0.2) is 4.39 Å². The molecule has 2 rings (SSSR count). The van der Waals surface area contributed by atoms with Crippen LogP contribution in [0.5, 0.6) is 5.75 Å². The van der Waals surface area contributed by atoms with E-state index in [-0.39, 0.29) is 24.2 Å². The molecule has 116 valence electrons. The number of methoxy groups -OCH3 is 1. The van der Waals surface area contributed by atoms with Gasteiger partial charge in [0.05, 0.1) is 32.0 Å². The molecule has 0 radical (unpaired) electrons. The molecule has 0 aromatic heterocycles. The van der Waals surface area contributed by atoms with Crippen LogP contribution >= 0.6 is 0 Å². The number of carbonyl (C=O) groups excluding carboxylic acids is 1. The van der Waals surface area contributed by atoms with Crippen molar-refractivity contribution >= 4 is 5.91 Å². The van der Waals surface area contributed by atoms with E-state index >= 15 is 0 Å². The Balaban J connectivity index is 1.95. The lowest BCUT2D eigenvalue weighted by atomic mass is 10.1. The maximum atomic E-state index is 13.9.